The third-order valence-corrected chi connectivity index (χ3v) is 8.93. The molecule has 0 N–H and O–H groups in total. The van der Waals surface area contributed by atoms with Gasteiger partial charge < -0.3 is 50.5 Å². The van der Waals surface area contributed by atoms with Crippen LogP contribution >= 0.6 is 0 Å². The van der Waals surface area contributed by atoms with Gasteiger partial charge in [0.2, 0.25) is 0 Å². The first-order chi connectivity index (χ1) is 19.3. The van der Waals surface area contributed by atoms with E-state index in [1.165, 1.54) is 22.3 Å². The smallest absolute Gasteiger partial charge is 0 e. The Balaban J connectivity index is 0.000000280. The molecule has 0 heterocycles. The van der Waals surface area contributed by atoms with E-state index in [1.807, 2.05) is 0 Å². The van der Waals surface area contributed by atoms with Crippen LogP contribution in [-0.4, -0.2) is 0 Å². The van der Waals surface area contributed by atoms with Gasteiger partial charge in [-0.1, -0.05) is 125 Å². The third kappa shape index (κ3) is 9.91. The Morgan fingerprint density at radius 1 is 0.341 bits per heavy atom. The van der Waals surface area contributed by atoms with E-state index in [0.717, 1.165) is 67.6 Å². The SMILES string of the molecule is CCc1ccc(/C([S-])=C(/[S-])c2ccc(CC)cc2)cc1.CCc1ccc(/C([S-])=C(/[S-])c2ccc(CC)cc2)cc1.[Ni]. The molecule has 0 fully saturated rings. The van der Waals surface area contributed by atoms with Crippen molar-refractivity contribution in [2.75, 3.05) is 0 Å². The summed E-state index contributed by atoms with van der Waals surface area (Å²) < 4.78 is 0. The zero-order valence-corrected chi connectivity index (χ0v) is 28.3. The molecule has 41 heavy (non-hydrogen) atoms. The van der Waals surface area contributed by atoms with E-state index in [1.54, 1.807) is 0 Å². The minimum Gasteiger partial charge on any atom is -0.781 e. The maximum Gasteiger partial charge on any atom is 0 e. The molecule has 0 amide bonds. The molecule has 4 aromatic rings. The molecule has 0 radical (unpaired) electrons. The fraction of sp³-hybridized carbons (Fsp3) is 0.222. The van der Waals surface area contributed by atoms with Crippen LogP contribution in [0.1, 0.15) is 72.2 Å². The molecular weight excluding hydrogens is 619 g/mol. The molecule has 0 aliphatic heterocycles. The Morgan fingerprint density at radius 3 is 0.610 bits per heavy atom. The number of hydrogen-bond acceptors (Lipinski definition) is 4. The Kier molecular flexibility index (Phi) is 15.0. The van der Waals surface area contributed by atoms with Crippen molar-refractivity contribution in [3.8, 4) is 0 Å². The Bertz CT molecular complexity index is 1190. The standard InChI is InChI=1S/2C18H20S2.Ni/c2*1-3-13-5-9-15(10-6-13)17(19)18(20)16-11-7-14(4-2)8-12-16;/h2*5-12,19-20H,3-4H2,1-2H3;/p-4/b2*18-17-;. The van der Waals surface area contributed by atoms with E-state index in [4.69, 9.17) is 50.5 Å². The van der Waals surface area contributed by atoms with Gasteiger partial charge in [0.15, 0.2) is 0 Å². The Labute approximate surface area is 279 Å². The number of rotatable bonds is 8. The van der Waals surface area contributed by atoms with Gasteiger partial charge in [0.25, 0.3) is 0 Å². The summed E-state index contributed by atoms with van der Waals surface area (Å²) in [6.07, 6.45) is 4.15. The van der Waals surface area contributed by atoms with Gasteiger partial charge in [0, 0.05) is 16.5 Å². The summed E-state index contributed by atoms with van der Waals surface area (Å²) >= 11 is 22.1. The molecule has 0 aromatic heterocycles. The summed E-state index contributed by atoms with van der Waals surface area (Å²) in [5.74, 6) is 0. The summed E-state index contributed by atoms with van der Waals surface area (Å²) in [7, 11) is 0. The summed E-state index contributed by atoms with van der Waals surface area (Å²) in [5.41, 5.74) is 9.38. The number of benzene rings is 4. The molecule has 4 aromatic carbocycles. The van der Waals surface area contributed by atoms with Gasteiger partial charge in [0.1, 0.15) is 0 Å². The van der Waals surface area contributed by atoms with Crippen molar-refractivity contribution in [2.45, 2.75) is 53.4 Å². The average molecular weight is 656 g/mol. The van der Waals surface area contributed by atoms with Gasteiger partial charge in [-0.05, 0) is 70.2 Å². The topological polar surface area (TPSA) is 0 Å². The molecule has 0 bridgehead atoms. The molecule has 218 valence electrons. The van der Waals surface area contributed by atoms with E-state index >= 15 is 0 Å². The number of hydrogen-bond donors (Lipinski definition) is 0. The van der Waals surface area contributed by atoms with E-state index in [0.29, 0.717) is 0 Å². The fourth-order valence-electron chi connectivity index (χ4n) is 4.09. The maximum absolute atomic E-state index is 5.52. The minimum atomic E-state index is 0. The van der Waals surface area contributed by atoms with E-state index < -0.39 is 0 Å². The molecule has 4 rings (SSSR count). The monoisotopic (exact) mass is 654 g/mol. The van der Waals surface area contributed by atoms with Gasteiger partial charge in [0.05, 0.1) is 0 Å². The van der Waals surface area contributed by atoms with Gasteiger partial charge in [-0.2, -0.15) is 19.6 Å². The third-order valence-electron chi connectivity index (χ3n) is 6.91. The molecule has 0 nitrogen and oxygen atoms in total. The van der Waals surface area contributed by atoms with Crippen LogP contribution in [0.25, 0.3) is 19.6 Å². The predicted octanol–water partition coefficient (Wildman–Crippen LogP) is 9.46. The van der Waals surface area contributed by atoms with Crippen molar-refractivity contribution in [1.29, 1.82) is 0 Å². The maximum atomic E-state index is 5.52. The molecule has 0 saturated carbocycles. The number of aryl methyl sites for hydroxylation is 4. The quantitative estimate of drug-likeness (QED) is 0.105. The van der Waals surface area contributed by atoms with E-state index in [9.17, 15) is 0 Å². The van der Waals surface area contributed by atoms with Gasteiger partial charge in [-0.15, -0.1) is 0 Å². The van der Waals surface area contributed by atoms with Crippen molar-refractivity contribution < 1.29 is 16.5 Å². The second-order valence-corrected chi connectivity index (χ2v) is 11.2. The fourth-order valence-corrected chi connectivity index (χ4v) is 5.11. The van der Waals surface area contributed by atoms with Crippen molar-refractivity contribution in [1.82, 2.24) is 0 Å². The molecule has 0 unspecified atom stereocenters. The first kappa shape index (κ1) is 34.9. The van der Waals surface area contributed by atoms with Crippen LogP contribution in [0.4, 0.5) is 0 Å². The molecule has 0 atom stereocenters. The van der Waals surface area contributed by atoms with Crippen LogP contribution in [0.5, 0.6) is 0 Å². The summed E-state index contributed by atoms with van der Waals surface area (Å²) in [5, 5.41) is 0. The van der Waals surface area contributed by atoms with Crippen molar-refractivity contribution in [3.63, 3.8) is 0 Å². The van der Waals surface area contributed by atoms with Gasteiger partial charge >= 0.3 is 0 Å². The zero-order valence-electron chi connectivity index (χ0n) is 24.0. The van der Waals surface area contributed by atoms with Crippen LogP contribution in [0.3, 0.4) is 0 Å². The molecule has 5 heteroatoms. The molecule has 0 aliphatic rings. The summed E-state index contributed by atoms with van der Waals surface area (Å²) in [4.78, 5) is 3.03. The minimum absolute atomic E-state index is 0. The predicted molar refractivity (Wildman–Crippen MR) is 186 cm³/mol. The first-order valence-corrected chi connectivity index (χ1v) is 15.5. The molecule has 0 aliphatic carbocycles. The van der Waals surface area contributed by atoms with Gasteiger partial charge in [-0.3, -0.25) is 0 Å². The second-order valence-electron chi connectivity index (χ2n) is 9.52. The zero-order chi connectivity index (χ0) is 29.1. The van der Waals surface area contributed by atoms with Crippen LogP contribution < -0.4 is 0 Å². The normalized spacial score (nSPS) is 11.8. The van der Waals surface area contributed by atoms with Crippen LogP contribution in [0.2, 0.25) is 0 Å². The summed E-state index contributed by atoms with van der Waals surface area (Å²) in [6, 6.07) is 33.4. The van der Waals surface area contributed by atoms with E-state index in [2.05, 4.69) is 125 Å². The second kappa shape index (κ2) is 17.6. The Hall–Kier alpha value is -2.27. The van der Waals surface area contributed by atoms with Crippen LogP contribution in [0.15, 0.2) is 97.1 Å². The summed E-state index contributed by atoms with van der Waals surface area (Å²) in [6.45, 7) is 8.58. The molecular formula is C36H36NiS4-4. The molecule has 0 spiro atoms. The first-order valence-electron chi connectivity index (χ1n) is 13.8. The van der Waals surface area contributed by atoms with Crippen molar-refractivity contribution in [2.24, 2.45) is 0 Å². The average Bonchev–Trinajstić information content (AvgIpc) is 3.03. The van der Waals surface area contributed by atoms with Gasteiger partial charge in [-0.25, -0.2) is 0 Å². The Morgan fingerprint density at radius 2 is 0.488 bits per heavy atom. The van der Waals surface area contributed by atoms with Crippen molar-refractivity contribution in [3.05, 3.63) is 142 Å². The largest absolute Gasteiger partial charge is 0.781 e. The van der Waals surface area contributed by atoms with Crippen LogP contribution in [0, 0.1) is 0 Å². The van der Waals surface area contributed by atoms with Crippen molar-refractivity contribution >= 4 is 70.1 Å². The molecule has 0 saturated heterocycles. The van der Waals surface area contributed by atoms with Crippen LogP contribution in [-0.2, 0) is 92.7 Å². The van der Waals surface area contributed by atoms with E-state index in [-0.39, 0.29) is 16.5 Å².